The molecule has 0 aromatic heterocycles. The first-order valence-electron chi connectivity index (χ1n) is 1.66. The van der Waals surface area contributed by atoms with Gasteiger partial charge in [0.05, 0.1) is 0 Å². The van der Waals surface area contributed by atoms with Gasteiger partial charge in [0.15, 0.2) is 0 Å². The van der Waals surface area contributed by atoms with E-state index >= 15 is 0 Å². The van der Waals surface area contributed by atoms with E-state index in [0.29, 0.717) is 0 Å². The van der Waals surface area contributed by atoms with Crippen LogP contribution in [0.1, 0.15) is 0 Å². The summed E-state index contributed by atoms with van der Waals surface area (Å²) in [7, 11) is -0.0537. The number of halogens is 6. The van der Waals surface area contributed by atoms with Crippen molar-refractivity contribution in [3.8, 4) is 0 Å². The van der Waals surface area contributed by atoms with Gasteiger partial charge in [0.2, 0.25) is 0 Å². The van der Waals surface area contributed by atoms with Gasteiger partial charge >= 0.3 is 83.5 Å². The fraction of sp³-hybridized carbons (Fsp3) is 0. The molecule has 0 saturated carbocycles. The van der Waals surface area contributed by atoms with Gasteiger partial charge in [0.25, 0.3) is 0 Å². The molecule has 0 bridgehead atoms. The van der Waals surface area contributed by atoms with Crippen molar-refractivity contribution in [2.24, 2.45) is 0 Å². The molecular formula is HCl6P3. The van der Waals surface area contributed by atoms with E-state index in [1.54, 1.807) is 0 Å². The van der Waals surface area contributed by atoms with Gasteiger partial charge < -0.3 is 0 Å². The number of rotatable bonds is 0. The third-order valence-corrected chi connectivity index (χ3v) is 60.3. The van der Waals surface area contributed by atoms with E-state index in [9.17, 15) is 0 Å². The number of hydrogen-bond donors (Lipinski definition) is 0. The molecule has 0 amide bonds. The number of hydrogen-bond acceptors (Lipinski definition) is 0. The van der Waals surface area contributed by atoms with Crippen molar-refractivity contribution in [2.75, 3.05) is 0 Å². The fourth-order valence-corrected chi connectivity index (χ4v) is 55.9. The molecule has 1 aliphatic rings. The zero-order valence-corrected chi connectivity index (χ0v) is 11.0. The topological polar surface area (TPSA) is 0 Å². The van der Waals surface area contributed by atoms with Crippen LogP contribution in [0.5, 0.6) is 0 Å². The van der Waals surface area contributed by atoms with Crippen LogP contribution in [0.3, 0.4) is 0 Å². The Morgan fingerprint density at radius 3 is 0.778 bits per heavy atom. The summed E-state index contributed by atoms with van der Waals surface area (Å²) in [5.74, 6) is 0. The summed E-state index contributed by atoms with van der Waals surface area (Å²) in [6.07, 6.45) is 0. The maximum absolute atomic E-state index is 5.67. The van der Waals surface area contributed by atoms with Crippen LogP contribution >= 0.6 is 83.5 Å². The molecule has 0 radical (unpaired) electrons. The van der Waals surface area contributed by atoms with E-state index in [0.717, 1.165) is 0 Å². The van der Waals surface area contributed by atoms with Crippen molar-refractivity contribution in [3.63, 3.8) is 0 Å². The van der Waals surface area contributed by atoms with Gasteiger partial charge in [-0.05, 0) is 0 Å². The molecule has 1 aliphatic heterocycles. The molecular weight excluding hydrogens is 306 g/mol. The Hall–Kier alpha value is 3.03. The van der Waals surface area contributed by atoms with Crippen LogP contribution < -0.4 is 0 Å². The third-order valence-electron chi connectivity index (χ3n) is 0.811. The molecule has 0 aromatic rings. The Balaban J connectivity index is 3.05. The molecule has 0 unspecified atom stereocenters. The fourth-order valence-electron chi connectivity index (χ4n) is 0.230. The molecule has 0 atom stereocenters. The minimum atomic E-state index is -3.30. The molecule has 0 N–H and O–H groups in total. The maximum atomic E-state index is 5.67. The van der Waals surface area contributed by atoms with Crippen molar-refractivity contribution in [1.82, 2.24) is 0 Å². The predicted octanol–water partition coefficient (Wildman–Crippen LogP) is 6.45. The van der Waals surface area contributed by atoms with Crippen molar-refractivity contribution in [1.29, 1.82) is 0 Å². The molecule has 0 aromatic carbocycles. The Bertz CT molecular complexity index is 144. The summed E-state index contributed by atoms with van der Waals surface area (Å²) in [4.78, 5) is 0. The zero-order chi connectivity index (χ0) is 7.60. The molecule has 9 heteroatoms. The second-order valence-electron chi connectivity index (χ2n) is 1.64. The molecule has 1 heterocycles. The van der Waals surface area contributed by atoms with E-state index < -0.39 is 8.08 Å². The molecule has 0 aliphatic carbocycles. The first-order chi connectivity index (χ1) is 3.52. The quantitative estimate of drug-likeness (QED) is 0.451. The normalized spacial score (nSPS) is 51.8. The van der Waals surface area contributed by atoms with Crippen LogP contribution in [0.4, 0.5) is 0 Å². The predicted molar refractivity (Wildman–Crippen MR) is 57.3 cm³/mol. The van der Waals surface area contributed by atoms with E-state index in [2.05, 4.69) is 0 Å². The van der Waals surface area contributed by atoms with Crippen LogP contribution in [-0.4, -0.2) is 0 Å². The summed E-state index contributed by atoms with van der Waals surface area (Å²) in [6, 6.07) is 0. The van der Waals surface area contributed by atoms with Gasteiger partial charge in [-0.1, -0.05) is 0 Å². The van der Waals surface area contributed by atoms with E-state index in [4.69, 9.17) is 67.4 Å². The van der Waals surface area contributed by atoms with Crippen molar-refractivity contribution < 1.29 is 0 Å². The van der Waals surface area contributed by atoms with Crippen LogP contribution in [0.15, 0.2) is 0 Å². The Kier molecular flexibility index (Phi) is 2.16. The van der Waals surface area contributed by atoms with Crippen molar-refractivity contribution >= 4 is 83.5 Å². The van der Waals surface area contributed by atoms with Gasteiger partial charge in [0, 0.05) is 0 Å². The molecule has 1 fully saturated rings. The summed E-state index contributed by atoms with van der Waals surface area (Å²) < 4.78 is -6.59. The standard InChI is InChI=1S/Cl6HP3/c1-8(2,3)7-9(8,4,5)6/h7H. The van der Waals surface area contributed by atoms with Crippen LogP contribution in [0.25, 0.3) is 0 Å². The Labute approximate surface area is 82.9 Å². The van der Waals surface area contributed by atoms with Gasteiger partial charge in [0.1, 0.15) is 0 Å². The van der Waals surface area contributed by atoms with E-state index in [-0.39, 0.29) is 7.96 Å². The molecule has 1 rings (SSSR count). The van der Waals surface area contributed by atoms with Gasteiger partial charge in [-0.25, -0.2) is 0 Å². The summed E-state index contributed by atoms with van der Waals surface area (Å²) in [5, 5.41) is 0. The monoisotopic (exact) mass is 304 g/mol. The molecule has 1 saturated heterocycles. The van der Waals surface area contributed by atoms with Gasteiger partial charge in [-0.2, -0.15) is 0 Å². The minimum absolute atomic E-state index is 0.0537. The van der Waals surface area contributed by atoms with Crippen molar-refractivity contribution in [3.05, 3.63) is 0 Å². The second-order valence-corrected chi connectivity index (χ2v) is 44.4. The summed E-state index contributed by atoms with van der Waals surface area (Å²) in [5.41, 5.74) is 0. The van der Waals surface area contributed by atoms with Crippen LogP contribution in [0, 0.1) is 0 Å². The van der Waals surface area contributed by atoms with Crippen molar-refractivity contribution in [2.45, 2.75) is 0 Å². The molecule has 9 heavy (non-hydrogen) atoms. The molecule has 58 valence electrons. The van der Waals surface area contributed by atoms with Crippen LogP contribution in [-0.2, 0) is 0 Å². The molecule has 0 nitrogen and oxygen atoms in total. The third kappa shape index (κ3) is 1.44. The first kappa shape index (κ1) is 10.1. The van der Waals surface area contributed by atoms with E-state index in [1.165, 1.54) is 0 Å². The average Bonchev–Trinajstić information content (AvgIpc) is 1.45. The van der Waals surface area contributed by atoms with Gasteiger partial charge in [-0.3, -0.25) is 0 Å². The van der Waals surface area contributed by atoms with Gasteiger partial charge in [-0.15, -0.1) is 0 Å². The zero-order valence-electron chi connectivity index (χ0n) is 3.66. The summed E-state index contributed by atoms with van der Waals surface area (Å²) >= 11 is 34.0. The van der Waals surface area contributed by atoms with E-state index in [1.807, 2.05) is 0 Å². The SMILES string of the molecule is ClP1(Cl)(Cl)PP1(Cl)(Cl)Cl. The molecule has 0 spiro atoms. The second kappa shape index (κ2) is 1.92. The first-order valence-corrected chi connectivity index (χ1v) is 15.0. The average molecular weight is 307 g/mol. The Morgan fingerprint density at radius 1 is 0.667 bits per heavy atom. The van der Waals surface area contributed by atoms with Crippen LogP contribution in [0.2, 0.25) is 0 Å². The Morgan fingerprint density at radius 2 is 0.778 bits per heavy atom. The summed E-state index contributed by atoms with van der Waals surface area (Å²) in [6.45, 7) is 0.